The topological polar surface area (TPSA) is 86.6 Å². The average Bonchev–Trinajstić information content (AvgIpc) is 3.15. The first kappa shape index (κ1) is 18.1. The fraction of sp³-hybridized carbons (Fsp3) is 0.200. The Morgan fingerprint density at radius 1 is 1.19 bits per heavy atom. The minimum Gasteiger partial charge on any atom is -0.454 e. The summed E-state index contributed by atoms with van der Waals surface area (Å²) in [7, 11) is 3.92. The van der Waals surface area contributed by atoms with Gasteiger partial charge in [0.25, 0.3) is 5.91 Å². The average molecular weight is 364 g/mol. The van der Waals surface area contributed by atoms with Gasteiger partial charge in [0.1, 0.15) is 11.6 Å². The molecule has 0 unspecified atom stereocenters. The van der Waals surface area contributed by atoms with Crippen molar-refractivity contribution in [1.82, 2.24) is 5.32 Å². The van der Waals surface area contributed by atoms with E-state index in [1.807, 2.05) is 61.5 Å². The summed E-state index contributed by atoms with van der Waals surface area (Å²) in [4.78, 5) is 14.2. The number of nitriles is 1. The van der Waals surface area contributed by atoms with E-state index >= 15 is 0 Å². The van der Waals surface area contributed by atoms with E-state index in [4.69, 9.17) is 9.47 Å². The van der Waals surface area contributed by atoms with E-state index in [0.717, 1.165) is 16.9 Å². The number of benzene rings is 2. The summed E-state index contributed by atoms with van der Waals surface area (Å²) in [5.74, 6) is 0.889. The van der Waals surface area contributed by atoms with Crippen LogP contribution in [0.1, 0.15) is 5.56 Å². The molecule has 3 rings (SSSR count). The molecule has 138 valence electrons. The molecule has 0 atom stereocenters. The predicted molar refractivity (Wildman–Crippen MR) is 102 cm³/mol. The van der Waals surface area contributed by atoms with Crippen LogP contribution in [0.25, 0.3) is 0 Å². The fourth-order valence-electron chi connectivity index (χ4n) is 2.49. The Morgan fingerprint density at radius 3 is 2.63 bits per heavy atom. The molecule has 0 aliphatic carbocycles. The van der Waals surface area contributed by atoms with Crippen LogP contribution < -0.4 is 25.0 Å². The van der Waals surface area contributed by atoms with E-state index in [1.165, 1.54) is 6.20 Å². The molecule has 0 bridgehead atoms. The molecule has 0 saturated heterocycles. The molecule has 27 heavy (non-hydrogen) atoms. The highest BCUT2D eigenvalue weighted by molar-refractivity contribution is 5.97. The Hall–Kier alpha value is -3.66. The van der Waals surface area contributed by atoms with E-state index in [1.54, 1.807) is 6.07 Å². The Kier molecular flexibility index (Phi) is 5.47. The number of nitrogens with zero attached hydrogens (tertiary/aromatic N) is 2. The summed E-state index contributed by atoms with van der Waals surface area (Å²) in [6.07, 6.45) is 1.40. The first-order valence-electron chi connectivity index (χ1n) is 8.38. The third-order valence-electron chi connectivity index (χ3n) is 4.02. The van der Waals surface area contributed by atoms with Crippen molar-refractivity contribution in [3.8, 4) is 17.6 Å². The number of rotatable bonds is 6. The van der Waals surface area contributed by atoms with Gasteiger partial charge in [0.15, 0.2) is 11.5 Å². The summed E-state index contributed by atoms with van der Waals surface area (Å²) in [6.45, 7) is 0.486. The second kappa shape index (κ2) is 8.15. The van der Waals surface area contributed by atoms with Gasteiger partial charge in [0.05, 0.1) is 0 Å². The number of amides is 1. The molecular weight excluding hydrogens is 344 g/mol. The van der Waals surface area contributed by atoms with E-state index in [9.17, 15) is 10.1 Å². The van der Waals surface area contributed by atoms with Gasteiger partial charge < -0.3 is 25.0 Å². The quantitative estimate of drug-likeness (QED) is 0.605. The second-order valence-corrected chi connectivity index (χ2v) is 6.13. The number of fused-ring (bicyclic) bond motifs is 1. The molecule has 0 aromatic heterocycles. The molecular formula is C20H20N4O3. The highest BCUT2D eigenvalue weighted by Gasteiger charge is 2.14. The summed E-state index contributed by atoms with van der Waals surface area (Å²) >= 11 is 0. The van der Waals surface area contributed by atoms with Crippen LogP contribution in [0.2, 0.25) is 0 Å². The van der Waals surface area contributed by atoms with E-state index in [-0.39, 0.29) is 18.9 Å². The zero-order valence-electron chi connectivity index (χ0n) is 15.2. The summed E-state index contributed by atoms with van der Waals surface area (Å²) in [5, 5.41) is 15.0. The number of hydrogen-bond acceptors (Lipinski definition) is 6. The molecule has 0 saturated carbocycles. The van der Waals surface area contributed by atoms with Crippen molar-refractivity contribution >= 4 is 17.3 Å². The standard InChI is InChI=1S/C20H20N4O3/c1-24(2)17-6-4-16(5-7-17)22-12-15(10-21)20(25)23-11-14-3-8-18-19(9-14)27-13-26-18/h3-9,12,22H,11,13H2,1-2H3,(H,23,25)/b15-12-. The summed E-state index contributed by atoms with van der Waals surface area (Å²) < 4.78 is 10.6. The Morgan fingerprint density at radius 2 is 1.93 bits per heavy atom. The lowest BCUT2D eigenvalue weighted by Gasteiger charge is -2.12. The minimum absolute atomic E-state index is 0.00701. The maximum atomic E-state index is 12.2. The molecule has 7 heteroatoms. The first-order valence-corrected chi connectivity index (χ1v) is 8.38. The van der Waals surface area contributed by atoms with E-state index in [0.29, 0.717) is 11.5 Å². The molecule has 1 aliphatic rings. The highest BCUT2D eigenvalue weighted by atomic mass is 16.7. The van der Waals surface area contributed by atoms with Gasteiger partial charge >= 0.3 is 0 Å². The van der Waals surface area contributed by atoms with E-state index < -0.39 is 5.91 Å². The highest BCUT2D eigenvalue weighted by Crippen LogP contribution is 2.32. The lowest BCUT2D eigenvalue weighted by Crippen LogP contribution is -2.24. The molecule has 2 N–H and O–H groups in total. The smallest absolute Gasteiger partial charge is 0.263 e. The van der Waals surface area contributed by atoms with Crippen LogP contribution in [0.15, 0.2) is 54.2 Å². The zero-order valence-corrected chi connectivity index (χ0v) is 15.2. The number of carbonyl (C=O) groups is 1. The molecule has 2 aromatic rings. The van der Waals surface area contributed by atoms with Crippen LogP contribution in [0.4, 0.5) is 11.4 Å². The van der Waals surface area contributed by atoms with Crippen LogP contribution in [0.3, 0.4) is 0 Å². The monoisotopic (exact) mass is 364 g/mol. The lowest BCUT2D eigenvalue weighted by atomic mass is 10.2. The van der Waals surface area contributed by atoms with Gasteiger partial charge in [-0.3, -0.25) is 4.79 Å². The fourth-order valence-corrected chi connectivity index (χ4v) is 2.49. The van der Waals surface area contributed by atoms with Crippen molar-refractivity contribution in [2.75, 3.05) is 31.1 Å². The van der Waals surface area contributed by atoms with Crippen molar-refractivity contribution in [1.29, 1.82) is 5.26 Å². The second-order valence-electron chi connectivity index (χ2n) is 6.13. The van der Waals surface area contributed by atoms with Gasteiger partial charge in [0, 0.05) is 38.2 Å². The molecule has 2 aromatic carbocycles. The van der Waals surface area contributed by atoms with Gasteiger partial charge in [0.2, 0.25) is 6.79 Å². The van der Waals surface area contributed by atoms with Crippen LogP contribution in [0.5, 0.6) is 11.5 Å². The third kappa shape index (κ3) is 4.50. The maximum absolute atomic E-state index is 12.2. The van der Waals surface area contributed by atoms with Crippen molar-refractivity contribution in [2.45, 2.75) is 6.54 Å². The van der Waals surface area contributed by atoms with Crippen molar-refractivity contribution in [2.24, 2.45) is 0 Å². The molecule has 1 heterocycles. The molecule has 0 radical (unpaired) electrons. The van der Waals surface area contributed by atoms with Gasteiger partial charge in [-0.25, -0.2) is 0 Å². The SMILES string of the molecule is CN(C)c1ccc(N/C=C(/C#N)C(=O)NCc2ccc3c(c2)OCO3)cc1. The van der Waals surface area contributed by atoms with Crippen LogP contribution in [-0.2, 0) is 11.3 Å². The molecule has 7 nitrogen and oxygen atoms in total. The number of nitrogens with one attached hydrogen (secondary N) is 2. The first-order chi connectivity index (χ1) is 13.1. The molecule has 1 aliphatic heterocycles. The Labute approximate surface area is 157 Å². The summed E-state index contributed by atoms with van der Waals surface area (Å²) in [6, 6.07) is 15.0. The van der Waals surface area contributed by atoms with Gasteiger partial charge in [-0.2, -0.15) is 5.26 Å². The zero-order chi connectivity index (χ0) is 19.2. The molecule has 0 spiro atoms. The molecule has 1 amide bonds. The summed E-state index contributed by atoms with van der Waals surface area (Å²) in [5.41, 5.74) is 2.70. The van der Waals surface area contributed by atoms with Crippen LogP contribution in [-0.4, -0.2) is 26.8 Å². The third-order valence-corrected chi connectivity index (χ3v) is 4.02. The number of carbonyl (C=O) groups excluding carboxylic acids is 1. The van der Waals surface area contributed by atoms with Gasteiger partial charge in [-0.05, 0) is 42.0 Å². The normalized spacial score (nSPS) is 12.3. The largest absolute Gasteiger partial charge is 0.454 e. The van der Waals surface area contributed by atoms with Crippen LogP contribution >= 0.6 is 0 Å². The van der Waals surface area contributed by atoms with Gasteiger partial charge in [-0.1, -0.05) is 6.07 Å². The lowest BCUT2D eigenvalue weighted by molar-refractivity contribution is -0.117. The molecule has 0 fully saturated rings. The van der Waals surface area contributed by atoms with Gasteiger partial charge in [-0.15, -0.1) is 0 Å². The van der Waals surface area contributed by atoms with Crippen LogP contribution in [0, 0.1) is 11.3 Å². The minimum atomic E-state index is -0.451. The number of anilines is 2. The Bertz CT molecular complexity index is 898. The van der Waals surface area contributed by atoms with Crippen molar-refractivity contribution in [3.05, 3.63) is 59.8 Å². The number of hydrogen-bond donors (Lipinski definition) is 2. The van der Waals surface area contributed by atoms with Crippen molar-refractivity contribution in [3.63, 3.8) is 0 Å². The van der Waals surface area contributed by atoms with Crippen molar-refractivity contribution < 1.29 is 14.3 Å². The van der Waals surface area contributed by atoms with E-state index in [2.05, 4.69) is 10.6 Å². The number of ether oxygens (including phenoxy) is 2. The predicted octanol–water partition coefficient (Wildman–Crippen LogP) is 2.62. The Balaban J connectivity index is 1.58. The maximum Gasteiger partial charge on any atom is 0.263 e.